The topological polar surface area (TPSA) is 112 Å². The van der Waals surface area contributed by atoms with Crippen LogP contribution in [-0.4, -0.2) is 26.6 Å². The molecule has 0 aliphatic carbocycles. The van der Waals surface area contributed by atoms with Crippen LogP contribution >= 0.6 is 11.3 Å². The summed E-state index contributed by atoms with van der Waals surface area (Å²) in [6, 6.07) is 24.2. The number of hydrogen-bond acceptors (Lipinski definition) is 6. The number of primary amides is 1. The SMILES string of the molecule is NC(=O)c1sc2nc(C(F)(F)F)cc(-c3ccc(F)cc3)c2c1NC(=O)c1ccn(COc2ccc(-c3ccccc3)cc2)n1. The minimum absolute atomic E-state index is 0.0231. The van der Waals surface area contributed by atoms with Crippen molar-refractivity contribution in [2.24, 2.45) is 5.73 Å². The number of nitrogens with zero attached hydrogens (tertiary/aromatic N) is 3. The number of thiophene rings is 1. The van der Waals surface area contributed by atoms with E-state index in [0.29, 0.717) is 17.1 Å². The summed E-state index contributed by atoms with van der Waals surface area (Å²) in [7, 11) is 0. The number of amides is 2. The van der Waals surface area contributed by atoms with Gasteiger partial charge in [0, 0.05) is 11.6 Å². The van der Waals surface area contributed by atoms with Gasteiger partial charge < -0.3 is 15.8 Å². The van der Waals surface area contributed by atoms with Crippen molar-refractivity contribution >= 4 is 39.1 Å². The molecule has 0 radical (unpaired) electrons. The van der Waals surface area contributed by atoms with E-state index in [1.807, 2.05) is 54.6 Å². The normalized spacial score (nSPS) is 11.5. The Hall–Kier alpha value is -5.56. The fourth-order valence-electron chi connectivity index (χ4n) is 4.64. The van der Waals surface area contributed by atoms with E-state index in [1.165, 1.54) is 29.1 Å². The molecule has 0 saturated heterocycles. The molecule has 0 spiro atoms. The van der Waals surface area contributed by atoms with Crippen molar-refractivity contribution in [3.8, 4) is 28.0 Å². The Balaban J connectivity index is 1.27. The summed E-state index contributed by atoms with van der Waals surface area (Å²) < 4.78 is 62.0. The molecule has 0 aliphatic rings. The number of halogens is 4. The minimum Gasteiger partial charge on any atom is -0.471 e. The van der Waals surface area contributed by atoms with Crippen LogP contribution in [0.5, 0.6) is 5.75 Å². The van der Waals surface area contributed by atoms with E-state index in [2.05, 4.69) is 15.4 Å². The summed E-state index contributed by atoms with van der Waals surface area (Å²) in [5.74, 6) is -1.76. The monoisotopic (exact) mass is 631 g/mol. The third-order valence-electron chi connectivity index (χ3n) is 6.77. The van der Waals surface area contributed by atoms with Crippen molar-refractivity contribution in [3.05, 3.63) is 119 Å². The van der Waals surface area contributed by atoms with Gasteiger partial charge in [-0.3, -0.25) is 9.59 Å². The second-order valence-corrected chi connectivity index (χ2v) is 10.8. The average molecular weight is 632 g/mol. The molecule has 0 bridgehead atoms. The number of nitrogens with one attached hydrogen (secondary N) is 1. The Labute approximate surface area is 256 Å². The van der Waals surface area contributed by atoms with Gasteiger partial charge in [-0.15, -0.1) is 11.3 Å². The number of aromatic nitrogens is 3. The molecule has 0 saturated carbocycles. The predicted octanol–water partition coefficient (Wildman–Crippen LogP) is 7.37. The first-order valence-electron chi connectivity index (χ1n) is 13.3. The molecule has 3 aromatic heterocycles. The summed E-state index contributed by atoms with van der Waals surface area (Å²) in [6.45, 7) is -0.0231. The number of fused-ring (bicyclic) bond motifs is 1. The summed E-state index contributed by atoms with van der Waals surface area (Å²) in [4.78, 5) is 28.9. The van der Waals surface area contributed by atoms with Crippen LogP contribution in [0.2, 0.25) is 0 Å². The van der Waals surface area contributed by atoms with Gasteiger partial charge in [0.25, 0.3) is 11.8 Å². The first-order chi connectivity index (χ1) is 21.6. The van der Waals surface area contributed by atoms with E-state index >= 15 is 0 Å². The first-order valence-corrected chi connectivity index (χ1v) is 14.1. The minimum atomic E-state index is -4.82. The molecule has 6 aromatic rings. The average Bonchev–Trinajstić information content (AvgIpc) is 3.66. The summed E-state index contributed by atoms with van der Waals surface area (Å²) >= 11 is 0.602. The third-order valence-corrected chi connectivity index (χ3v) is 7.87. The fraction of sp³-hybridized carbons (Fsp3) is 0.0625. The van der Waals surface area contributed by atoms with Crippen molar-refractivity contribution < 1.29 is 31.9 Å². The molecule has 13 heteroatoms. The van der Waals surface area contributed by atoms with E-state index in [4.69, 9.17) is 10.5 Å². The van der Waals surface area contributed by atoms with Gasteiger partial charge in [0.15, 0.2) is 12.4 Å². The number of ether oxygens (including phenoxy) is 1. The lowest BCUT2D eigenvalue weighted by molar-refractivity contribution is -0.140. The summed E-state index contributed by atoms with van der Waals surface area (Å²) in [5, 5.41) is 6.85. The van der Waals surface area contributed by atoms with Crippen LogP contribution in [0.3, 0.4) is 0 Å². The van der Waals surface area contributed by atoms with Crippen LogP contribution in [0, 0.1) is 5.82 Å². The van der Waals surface area contributed by atoms with Gasteiger partial charge in [0.05, 0.1) is 5.69 Å². The molecule has 6 rings (SSSR count). The summed E-state index contributed by atoms with van der Waals surface area (Å²) in [6.07, 6.45) is -3.31. The quantitative estimate of drug-likeness (QED) is 0.170. The first kappa shape index (κ1) is 29.5. The van der Waals surface area contributed by atoms with E-state index in [-0.39, 0.29) is 44.3 Å². The lowest BCUT2D eigenvalue weighted by atomic mass is 10.0. The van der Waals surface area contributed by atoms with Crippen LogP contribution in [0.1, 0.15) is 25.9 Å². The number of anilines is 1. The zero-order valence-electron chi connectivity index (χ0n) is 23.0. The molecule has 3 aromatic carbocycles. The number of alkyl halides is 3. The third kappa shape index (κ3) is 6.24. The lowest BCUT2D eigenvalue weighted by Gasteiger charge is -2.12. The zero-order valence-corrected chi connectivity index (χ0v) is 23.8. The number of carbonyl (C=O) groups excluding carboxylic acids is 2. The Kier molecular flexibility index (Phi) is 7.77. The maximum Gasteiger partial charge on any atom is 0.433 e. The number of nitrogens with two attached hydrogens (primary N) is 1. The maximum absolute atomic E-state index is 13.7. The van der Waals surface area contributed by atoms with E-state index < -0.39 is 29.5 Å². The van der Waals surface area contributed by atoms with Crippen LogP contribution < -0.4 is 15.8 Å². The van der Waals surface area contributed by atoms with E-state index in [9.17, 15) is 27.2 Å². The highest BCUT2D eigenvalue weighted by atomic mass is 32.1. The maximum atomic E-state index is 13.7. The highest BCUT2D eigenvalue weighted by Gasteiger charge is 2.35. The Morgan fingerprint density at radius 1 is 0.911 bits per heavy atom. The van der Waals surface area contributed by atoms with Gasteiger partial charge in [-0.05, 0) is 58.7 Å². The van der Waals surface area contributed by atoms with Crippen molar-refractivity contribution in [2.75, 3.05) is 5.32 Å². The molecule has 226 valence electrons. The van der Waals surface area contributed by atoms with Gasteiger partial charge in [-0.2, -0.15) is 18.3 Å². The molecule has 0 fully saturated rings. The van der Waals surface area contributed by atoms with Crippen LogP contribution in [-0.2, 0) is 12.9 Å². The summed E-state index contributed by atoms with van der Waals surface area (Å²) in [5.41, 5.74) is 6.40. The highest BCUT2D eigenvalue weighted by molar-refractivity contribution is 7.21. The number of benzene rings is 3. The van der Waals surface area contributed by atoms with Gasteiger partial charge in [-0.1, -0.05) is 54.6 Å². The molecule has 3 heterocycles. The number of hydrogen-bond donors (Lipinski definition) is 2. The van der Waals surface area contributed by atoms with E-state index in [1.54, 1.807) is 0 Å². The van der Waals surface area contributed by atoms with Gasteiger partial charge >= 0.3 is 6.18 Å². The standard InChI is InChI=1S/C32H21F4N5O3S/c33-21-10-6-20(7-11-21)23-16-25(32(34,35)36)38-31-26(23)27(28(45-31)29(37)42)39-30(43)24-14-15-41(40-24)17-44-22-12-8-19(9-13-22)18-4-2-1-3-5-18/h1-16H,17H2,(H2,37,42)(H,39,43). The highest BCUT2D eigenvalue weighted by Crippen LogP contribution is 2.43. The van der Waals surface area contributed by atoms with Crippen molar-refractivity contribution in [1.82, 2.24) is 14.8 Å². The molecule has 0 unspecified atom stereocenters. The second-order valence-electron chi connectivity index (χ2n) is 9.77. The van der Waals surface area contributed by atoms with Crippen molar-refractivity contribution in [1.29, 1.82) is 0 Å². The Morgan fingerprint density at radius 3 is 2.24 bits per heavy atom. The van der Waals surface area contributed by atoms with Crippen molar-refractivity contribution in [2.45, 2.75) is 12.9 Å². The smallest absolute Gasteiger partial charge is 0.433 e. The molecule has 45 heavy (non-hydrogen) atoms. The molecular weight excluding hydrogens is 610 g/mol. The zero-order chi connectivity index (χ0) is 31.7. The van der Waals surface area contributed by atoms with E-state index in [0.717, 1.165) is 29.3 Å². The Bertz CT molecular complexity index is 2020. The second kappa shape index (κ2) is 11.8. The van der Waals surface area contributed by atoms with Crippen LogP contribution in [0.25, 0.3) is 32.5 Å². The Morgan fingerprint density at radius 2 is 1.58 bits per heavy atom. The van der Waals surface area contributed by atoms with Crippen molar-refractivity contribution in [3.63, 3.8) is 0 Å². The van der Waals surface area contributed by atoms with Gasteiger partial charge in [0.2, 0.25) is 0 Å². The number of carbonyl (C=O) groups is 2. The lowest BCUT2D eigenvalue weighted by Crippen LogP contribution is -2.18. The fourth-order valence-corrected chi connectivity index (χ4v) is 5.65. The molecule has 3 N–H and O–H groups in total. The molecule has 2 amide bonds. The van der Waals surface area contributed by atoms with Crippen LogP contribution in [0.15, 0.2) is 97.2 Å². The largest absolute Gasteiger partial charge is 0.471 e. The molecule has 8 nitrogen and oxygen atoms in total. The van der Waals surface area contributed by atoms with Gasteiger partial charge in [-0.25, -0.2) is 14.1 Å². The number of rotatable bonds is 8. The molecule has 0 aliphatic heterocycles. The predicted molar refractivity (Wildman–Crippen MR) is 161 cm³/mol. The molecular formula is C32H21F4N5O3S. The van der Waals surface area contributed by atoms with Crippen LogP contribution in [0.4, 0.5) is 23.2 Å². The number of pyridine rings is 1. The van der Waals surface area contributed by atoms with Gasteiger partial charge in [0.1, 0.15) is 27.0 Å². The molecule has 0 atom stereocenters.